The third-order valence-electron chi connectivity index (χ3n) is 3.47. The Morgan fingerprint density at radius 3 is 2.23 bits per heavy atom. The van der Waals surface area contributed by atoms with Crippen LogP contribution in [-0.2, 0) is 0 Å². The summed E-state index contributed by atoms with van der Waals surface area (Å²) in [6.07, 6.45) is -1.03. The standard InChI is InChI=1S/C14H14F2N2.2C2H6/c1-9-3-2-4-10-5-14(17-6-11(9)10)18-7-12(15)13(16)8-18;2*1-2/h2-6,12-13H,7-8H2,1H3;2*1-2H3. The fourth-order valence-corrected chi connectivity index (χ4v) is 2.40. The molecule has 3 rings (SSSR count). The second kappa shape index (κ2) is 8.66. The van der Waals surface area contributed by atoms with E-state index in [1.807, 2.05) is 58.9 Å². The van der Waals surface area contributed by atoms with E-state index in [2.05, 4.69) is 4.98 Å². The van der Waals surface area contributed by atoms with Crippen molar-refractivity contribution in [1.82, 2.24) is 4.98 Å². The van der Waals surface area contributed by atoms with Gasteiger partial charge in [0.2, 0.25) is 0 Å². The molecule has 4 heteroatoms. The molecule has 1 fully saturated rings. The monoisotopic (exact) mass is 308 g/mol. The van der Waals surface area contributed by atoms with E-state index in [1.54, 1.807) is 11.1 Å². The van der Waals surface area contributed by atoms with Crippen LogP contribution in [0.5, 0.6) is 0 Å². The Kier molecular flexibility index (Phi) is 7.22. The Bertz CT molecular complexity index is 576. The Morgan fingerprint density at radius 2 is 1.64 bits per heavy atom. The van der Waals surface area contributed by atoms with Gasteiger partial charge in [-0.05, 0) is 23.9 Å². The first-order valence-electron chi connectivity index (χ1n) is 8.03. The Balaban J connectivity index is 0.000000561. The van der Waals surface area contributed by atoms with Gasteiger partial charge in [-0.1, -0.05) is 45.9 Å². The van der Waals surface area contributed by atoms with Gasteiger partial charge in [-0.3, -0.25) is 0 Å². The molecule has 0 aliphatic carbocycles. The highest BCUT2D eigenvalue weighted by molar-refractivity contribution is 5.86. The summed E-state index contributed by atoms with van der Waals surface area (Å²) in [7, 11) is 0. The van der Waals surface area contributed by atoms with E-state index in [0.29, 0.717) is 5.82 Å². The zero-order valence-corrected chi connectivity index (χ0v) is 14.1. The summed E-state index contributed by atoms with van der Waals surface area (Å²) >= 11 is 0. The minimum Gasteiger partial charge on any atom is -0.351 e. The fourth-order valence-electron chi connectivity index (χ4n) is 2.40. The normalized spacial score (nSPS) is 20.0. The topological polar surface area (TPSA) is 16.1 Å². The van der Waals surface area contributed by atoms with Crippen LogP contribution in [0.4, 0.5) is 14.6 Å². The van der Waals surface area contributed by atoms with E-state index >= 15 is 0 Å². The van der Waals surface area contributed by atoms with Gasteiger partial charge in [0.15, 0.2) is 12.3 Å². The molecule has 122 valence electrons. The van der Waals surface area contributed by atoms with Crippen LogP contribution in [0.15, 0.2) is 30.5 Å². The zero-order chi connectivity index (χ0) is 16.7. The number of aryl methyl sites for hydroxylation is 1. The van der Waals surface area contributed by atoms with E-state index in [0.717, 1.165) is 16.3 Å². The number of aromatic nitrogens is 1. The van der Waals surface area contributed by atoms with Crippen molar-refractivity contribution in [2.75, 3.05) is 18.0 Å². The van der Waals surface area contributed by atoms with E-state index in [-0.39, 0.29) is 13.1 Å². The lowest BCUT2D eigenvalue weighted by molar-refractivity contribution is 0.217. The molecule has 0 spiro atoms. The van der Waals surface area contributed by atoms with Crippen molar-refractivity contribution in [3.05, 3.63) is 36.0 Å². The first kappa shape index (κ1) is 18.3. The summed E-state index contributed by atoms with van der Waals surface area (Å²) in [5, 5.41) is 2.13. The molecule has 2 atom stereocenters. The van der Waals surface area contributed by atoms with Crippen LogP contribution in [0.2, 0.25) is 0 Å². The van der Waals surface area contributed by atoms with E-state index < -0.39 is 12.3 Å². The molecule has 2 heterocycles. The van der Waals surface area contributed by atoms with Crippen molar-refractivity contribution in [2.45, 2.75) is 47.0 Å². The van der Waals surface area contributed by atoms with Gasteiger partial charge in [-0.25, -0.2) is 13.8 Å². The molecule has 1 aliphatic heterocycles. The molecular formula is C18H26F2N2. The molecule has 1 saturated heterocycles. The predicted molar refractivity (Wildman–Crippen MR) is 91.2 cm³/mol. The molecule has 1 aromatic carbocycles. The molecule has 0 radical (unpaired) electrons. The maximum absolute atomic E-state index is 13.2. The average molecular weight is 308 g/mol. The third-order valence-corrected chi connectivity index (χ3v) is 3.47. The first-order valence-corrected chi connectivity index (χ1v) is 8.03. The lowest BCUT2D eigenvalue weighted by Gasteiger charge is -2.16. The van der Waals surface area contributed by atoms with Crippen LogP contribution in [-0.4, -0.2) is 30.4 Å². The first-order chi connectivity index (χ1) is 10.6. The third kappa shape index (κ3) is 3.93. The second-order valence-corrected chi connectivity index (χ2v) is 4.78. The summed E-state index contributed by atoms with van der Waals surface area (Å²) in [4.78, 5) is 5.98. The minimum absolute atomic E-state index is 0.0888. The van der Waals surface area contributed by atoms with E-state index in [9.17, 15) is 8.78 Å². The van der Waals surface area contributed by atoms with Crippen molar-refractivity contribution in [2.24, 2.45) is 0 Å². The molecule has 1 aliphatic rings. The quantitative estimate of drug-likeness (QED) is 0.729. The van der Waals surface area contributed by atoms with Crippen molar-refractivity contribution in [3.8, 4) is 0 Å². The molecular weight excluding hydrogens is 282 g/mol. The van der Waals surface area contributed by atoms with Gasteiger partial charge in [-0.2, -0.15) is 0 Å². The number of halogens is 2. The molecule has 0 N–H and O–H groups in total. The molecule has 2 nitrogen and oxygen atoms in total. The number of hydrogen-bond donors (Lipinski definition) is 0. The highest BCUT2D eigenvalue weighted by Crippen LogP contribution is 2.26. The number of fused-ring (bicyclic) bond motifs is 1. The zero-order valence-electron chi connectivity index (χ0n) is 14.1. The summed E-state index contributed by atoms with van der Waals surface area (Å²) in [5.74, 6) is 0.649. The molecule has 2 unspecified atom stereocenters. The Hall–Kier alpha value is -1.71. The van der Waals surface area contributed by atoms with Crippen molar-refractivity contribution < 1.29 is 8.78 Å². The van der Waals surface area contributed by atoms with Crippen LogP contribution in [0.3, 0.4) is 0 Å². The SMILES string of the molecule is CC.CC.Cc1cccc2cc(N3CC(F)C(F)C3)ncc12. The molecule has 0 bridgehead atoms. The number of alkyl halides is 2. The molecule has 0 amide bonds. The van der Waals surface area contributed by atoms with Crippen molar-refractivity contribution in [1.29, 1.82) is 0 Å². The van der Waals surface area contributed by atoms with Gasteiger partial charge in [0.25, 0.3) is 0 Å². The number of pyridine rings is 1. The lowest BCUT2D eigenvalue weighted by Crippen LogP contribution is -2.21. The average Bonchev–Trinajstić information content (AvgIpc) is 2.90. The Morgan fingerprint density at radius 1 is 1.05 bits per heavy atom. The largest absolute Gasteiger partial charge is 0.351 e. The maximum atomic E-state index is 13.2. The number of rotatable bonds is 1. The van der Waals surface area contributed by atoms with Crippen LogP contribution in [0, 0.1) is 6.92 Å². The summed E-state index contributed by atoms with van der Waals surface area (Å²) in [6, 6.07) is 7.88. The van der Waals surface area contributed by atoms with E-state index in [4.69, 9.17) is 0 Å². The Labute approximate surface area is 132 Å². The van der Waals surface area contributed by atoms with Crippen LogP contribution in [0.25, 0.3) is 10.8 Å². The molecule has 1 aromatic heterocycles. The van der Waals surface area contributed by atoms with Crippen molar-refractivity contribution >= 4 is 16.6 Å². The number of benzene rings is 1. The van der Waals surface area contributed by atoms with Gasteiger partial charge in [-0.15, -0.1) is 0 Å². The highest BCUT2D eigenvalue weighted by Gasteiger charge is 2.33. The number of anilines is 1. The smallest absolute Gasteiger partial charge is 0.150 e. The van der Waals surface area contributed by atoms with Crippen LogP contribution in [0.1, 0.15) is 33.3 Å². The van der Waals surface area contributed by atoms with Crippen LogP contribution < -0.4 is 4.90 Å². The van der Waals surface area contributed by atoms with Gasteiger partial charge in [0.1, 0.15) is 5.82 Å². The number of hydrogen-bond acceptors (Lipinski definition) is 2. The van der Waals surface area contributed by atoms with E-state index in [1.165, 1.54) is 0 Å². The van der Waals surface area contributed by atoms with Gasteiger partial charge in [0.05, 0.1) is 13.1 Å². The van der Waals surface area contributed by atoms with Crippen molar-refractivity contribution in [3.63, 3.8) is 0 Å². The molecule has 0 saturated carbocycles. The number of nitrogens with zero attached hydrogens (tertiary/aromatic N) is 2. The molecule has 22 heavy (non-hydrogen) atoms. The second-order valence-electron chi connectivity index (χ2n) is 4.78. The predicted octanol–water partition coefficient (Wildman–Crippen LogP) is 5.09. The summed E-state index contributed by atoms with van der Waals surface area (Å²) < 4.78 is 26.4. The van der Waals surface area contributed by atoms with Gasteiger partial charge < -0.3 is 4.90 Å². The summed E-state index contributed by atoms with van der Waals surface area (Å²) in [6.45, 7) is 10.2. The van der Waals surface area contributed by atoms with Gasteiger partial charge in [0, 0.05) is 11.6 Å². The minimum atomic E-state index is -1.40. The summed E-state index contributed by atoms with van der Waals surface area (Å²) in [5.41, 5.74) is 1.15. The van der Waals surface area contributed by atoms with Crippen LogP contribution >= 0.6 is 0 Å². The maximum Gasteiger partial charge on any atom is 0.150 e. The molecule has 2 aromatic rings. The highest BCUT2D eigenvalue weighted by atomic mass is 19.2. The fraction of sp³-hybridized carbons (Fsp3) is 0.500. The lowest BCUT2D eigenvalue weighted by atomic mass is 10.1. The van der Waals surface area contributed by atoms with Gasteiger partial charge >= 0.3 is 0 Å².